The molecule has 0 bridgehead atoms. The van der Waals surface area contributed by atoms with Crippen LogP contribution < -0.4 is 9.47 Å². The van der Waals surface area contributed by atoms with E-state index in [1.807, 2.05) is 29.2 Å². The van der Waals surface area contributed by atoms with Crippen molar-refractivity contribution in [2.75, 3.05) is 47.1 Å². The van der Waals surface area contributed by atoms with Gasteiger partial charge in [0.15, 0.2) is 0 Å². The van der Waals surface area contributed by atoms with Crippen LogP contribution >= 0.6 is 22.9 Å². The maximum Gasteiger partial charge on any atom is 0.254 e. The third-order valence-electron chi connectivity index (χ3n) is 6.33. The molecule has 1 aromatic heterocycles. The summed E-state index contributed by atoms with van der Waals surface area (Å²) in [5.41, 5.74) is 1.55. The number of hydrogen-bond donors (Lipinski definition) is 0. The number of methoxy groups -OCH3 is 2. The summed E-state index contributed by atoms with van der Waals surface area (Å²) >= 11 is 7.82. The molecular weight excluding hydrogens is 512 g/mol. The smallest absolute Gasteiger partial charge is 0.254 e. The van der Waals surface area contributed by atoms with E-state index >= 15 is 0 Å². The number of carbonyl (C=O) groups excluding carboxylic acids is 2. The van der Waals surface area contributed by atoms with E-state index in [4.69, 9.17) is 25.8 Å². The lowest BCUT2D eigenvalue weighted by Gasteiger charge is -2.37. The molecule has 37 heavy (non-hydrogen) atoms. The van der Waals surface area contributed by atoms with Crippen LogP contribution in [0.15, 0.2) is 60.0 Å². The number of nitrogens with zero attached hydrogens (tertiary/aromatic N) is 2. The van der Waals surface area contributed by atoms with Crippen LogP contribution in [0.25, 0.3) is 0 Å². The van der Waals surface area contributed by atoms with Gasteiger partial charge in [-0.3, -0.25) is 9.59 Å². The monoisotopic (exact) mass is 542 g/mol. The first-order valence-corrected chi connectivity index (χ1v) is 13.4. The van der Waals surface area contributed by atoms with Crippen molar-refractivity contribution in [1.82, 2.24) is 9.80 Å². The van der Waals surface area contributed by atoms with E-state index in [0.717, 1.165) is 12.0 Å². The molecule has 0 fully saturated rings. The summed E-state index contributed by atoms with van der Waals surface area (Å²) in [4.78, 5) is 31.7. The fraction of sp³-hybridized carbons (Fsp3) is 0.357. The van der Waals surface area contributed by atoms with E-state index in [-0.39, 0.29) is 24.4 Å². The Kier molecular flexibility index (Phi) is 9.44. The summed E-state index contributed by atoms with van der Waals surface area (Å²) in [6, 6.07) is 16.0. The number of halogens is 1. The lowest BCUT2D eigenvalue weighted by molar-refractivity contribution is -0.135. The molecular formula is C28H31ClN2O5S. The summed E-state index contributed by atoms with van der Waals surface area (Å²) in [6.07, 6.45) is 1.40. The minimum Gasteiger partial charge on any atom is -0.497 e. The number of thiophene rings is 1. The predicted octanol–water partition coefficient (Wildman–Crippen LogP) is 5.09. The molecule has 9 heteroatoms. The summed E-state index contributed by atoms with van der Waals surface area (Å²) in [5, 5.41) is 2.53. The summed E-state index contributed by atoms with van der Waals surface area (Å²) in [5.74, 6) is 1.02. The topological polar surface area (TPSA) is 68.3 Å². The molecule has 0 spiro atoms. The second kappa shape index (κ2) is 12.9. The zero-order valence-corrected chi connectivity index (χ0v) is 22.6. The average molecular weight is 543 g/mol. The molecule has 0 saturated heterocycles. The highest BCUT2D eigenvalue weighted by Gasteiger charge is 2.33. The zero-order chi connectivity index (χ0) is 26.2. The Hall–Kier alpha value is -3.07. The Morgan fingerprint density at radius 3 is 2.70 bits per heavy atom. The van der Waals surface area contributed by atoms with Crippen LogP contribution in [0.1, 0.15) is 33.3 Å². The van der Waals surface area contributed by atoms with Crippen molar-refractivity contribution in [3.05, 3.63) is 81.0 Å². The molecule has 0 saturated carbocycles. The fourth-order valence-electron chi connectivity index (χ4n) is 4.45. The van der Waals surface area contributed by atoms with Crippen molar-refractivity contribution in [2.24, 2.45) is 0 Å². The molecule has 1 aliphatic heterocycles. The van der Waals surface area contributed by atoms with Crippen LogP contribution in [-0.2, 0) is 16.0 Å². The first-order valence-electron chi connectivity index (χ1n) is 12.2. The Balaban J connectivity index is 1.52. The first-order chi connectivity index (χ1) is 18.0. The minimum absolute atomic E-state index is 0.0375. The highest BCUT2D eigenvalue weighted by molar-refractivity contribution is 7.10. The van der Waals surface area contributed by atoms with Gasteiger partial charge in [0.25, 0.3) is 5.91 Å². The standard InChI is InChI=1S/C28H31ClN2O5S/c1-34-14-5-12-30(28(33)20-6-3-7-21(29)16-20)18-27(32)31-13-10-26-24(11-15-37-26)25(31)19-36-23-9-4-8-22(17-23)35-2/h3-4,6-9,11,15-17,25H,5,10,12-14,18-19H2,1-2H3. The molecule has 1 atom stereocenters. The van der Waals surface area contributed by atoms with E-state index in [1.165, 1.54) is 4.88 Å². The van der Waals surface area contributed by atoms with Crippen molar-refractivity contribution < 1.29 is 23.8 Å². The zero-order valence-electron chi connectivity index (χ0n) is 21.0. The number of amides is 2. The third kappa shape index (κ3) is 6.83. The Bertz CT molecular complexity index is 1220. The van der Waals surface area contributed by atoms with Gasteiger partial charge in [-0.25, -0.2) is 0 Å². The lowest BCUT2D eigenvalue weighted by Crippen LogP contribution is -2.48. The van der Waals surface area contributed by atoms with Crippen LogP contribution in [0.4, 0.5) is 0 Å². The summed E-state index contributed by atoms with van der Waals surface area (Å²) < 4.78 is 16.6. The number of rotatable bonds is 11. The van der Waals surface area contributed by atoms with Crippen molar-refractivity contribution in [3.8, 4) is 11.5 Å². The number of carbonyl (C=O) groups is 2. The van der Waals surface area contributed by atoms with Crippen molar-refractivity contribution in [1.29, 1.82) is 0 Å². The highest BCUT2D eigenvalue weighted by Crippen LogP contribution is 2.34. The van der Waals surface area contributed by atoms with Gasteiger partial charge in [0.1, 0.15) is 24.7 Å². The highest BCUT2D eigenvalue weighted by atomic mass is 35.5. The molecule has 196 valence electrons. The average Bonchev–Trinajstić information content (AvgIpc) is 3.40. The normalized spacial score (nSPS) is 14.7. The number of benzene rings is 2. The van der Waals surface area contributed by atoms with Gasteiger partial charge in [-0.15, -0.1) is 11.3 Å². The van der Waals surface area contributed by atoms with E-state index in [0.29, 0.717) is 54.8 Å². The fourth-order valence-corrected chi connectivity index (χ4v) is 5.57. The number of hydrogen-bond acceptors (Lipinski definition) is 6. The van der Waals surface area contributed by atoms with Crippen LogP contribution in [0.2, 0.25) is 5.02 Å². The second-order valence-corrected chi connectivity index (χ2v) is 10.2. The molecule has 1 aliphatic rings. The van der Waals surface area contributed by atoms with Crippen LogP contribution in [0.3, 0.4) is 0 Å². The minimum atomic E-state index is -0.254. The first kappa shape index (κ1) is 27.0. The summed E-state index contributed by atoms with van der Waals surface area (Å²) in [6.45, 7) is 1.72. The second-order valence-electron chi connectivity index (χ2n) is 8.73. The largest absolute Gasteiger partial charge is 0.497 e. The van der Waals surface area contributed by atoms with Gasteiger partial charge in [0.2, 0.25) is 5.91 Å². The molecule has 7 nitrogen and oxygen atoms in total. The molecule has 0 N–H and O–H groups in total. The number of fused-ring (bicyclic) bond motifs is 1. The molecule has 0 aliphatic carbocycles. The summed E-state index contributed by atoms with van der Waals surface area (Å²) in [7, 11) is 3.23. The van der Waals surface area contributed by atoms with E-state index < -0.39 is 0 Å². The molecule has 2 amide bonds. The Labute approximate surface area is 226 Å². The SMILES string of the molecule is COCCCN(CC(=O)N1CCc2sccc2C1COc1cccc(OC)c1)C(=O)c1cccc(Cl)c1. The van der Waals surface area contributed by atoms with Gasteiger partial charge in [-0.1, -0.05) is 23.7 Å². The maximum atomic E-state index is 13.7. The van der Waals surface area contributed by atoms with Crippen LogP contribution in [-0.4, -0.2) is 68.7 Å². The van der Waals surface area contributed by atoms with Crippen molar-refractivity contribution >= 4 is 34.8 Å². The van der Waals surface area contributed by atoms with Gasteiger partial charge in [-0.2, -0.15) is 0 Å². The van der Waals surface area contributed by atoms with Gasteiger partial charge in [-0.05, 0) is 60.2 Å². The maximum absolute atomic E-state index is 13.7. The third-order valence-corrected chi connectivity index (χ3v) is 7.56. The van der Waals surface area contributed by atoms with E-state index in [1.54, 1.807) is 54.7 Å². The predicted molar refractivity (Wildman–Crippen MR) is 145 cm³/mol. The molecule has 2 aromatic carbocycles. The van der Waals surface area contributed by atoms with Gasteiger partial charge in [0, 0.05) is 48.3 Å². The lowest BCUT2D eigenvalue weighted by atomic mass is 10.0. The van der Waals surface area contributed by atoms with Crippen LogP contribution in [0, 0.1) is 0 Å². The van der Waals surface area contributed by atoms with Gasteiger partial charge >= 0.3 is 0 Å². The Morgan fingerprint density at radius 2 is 1.92 bits per heavy atom. The van der Waals surface area contributed by atoms with Gasteiger partial charge in [0.05, 0.1) is 13.2 Å². The van der Waals surface area contributed by atoms with E-state index in [9.17, 15) is 9.59 Å². The molecule has 0 radical (unpaired) electrons. The molecule has 3 aromatic rings. The molecule has 4 rings (SSSR count). The molecule has 1 unspecified atom stereocenters. The van der Waals surface area contributed by atoms with E-state index in [2.05, 4.69) is 11.4 Å². The van der Waals surface area contributed by atoms with Crippen LogP contribution in [0.5, 0.6) is 11.5 Å². The molecule has 2 heterocycles. The van der Waals surface area contributed by atoms with Gasteiger partial charge < -0.3 is 24.0 Å². The quantitative estimate of drug-likeness (QED) is 0.316. The number of ether oxygens (including phenoxy) is 3. The Morgan fingerprint density at radius 1 is 1.11 bits per heavy atom. The van der Waals surface area contributed by atoms with Crippen molar-refractivity contribution in [3.63, 3.8) is 0 Å². The van der Waals surface area contributed by atoms with Crippen molar-refractivity contribution in [2.45, 2.75) is 18.9 Å².